The molecule has 0 fully saturated rings. The molecule has 0 saturated carbocycles. The van der Waals surface area contributed by atoms with Gasteiger partial charge in [0.05, 0.1) is 4.90 Å². The van der Waals surface area contributed by atoms with Crippen molar-refractivity contribution in [2.45, 2.75) is 4.90 Å². The van der Waals surface area contributed by atoms with Crippen LogP contribution in [0.1, 0.15) is 0 Å². The lowest BCUT2D eigenvalue weighted by Gasteiger charge is -2.07. The topological polar surface area (TPSA) is 72.2 Å². The first-order valence-corrected chi connectivity index (χ1v) is 8.96. The number of oxazole rings is 1. The minimum Gasteiger partial charge on any atom is -0.423 e. The Morgan fingerprint density at radius 2 is 1.79 bits per heavy atom. The van der Waals surface area contributed by atoms with Gasteiger partial charge in [0.2, 0.25) is 0 Å². The van der Waals surface area contributed by atoms with Crippen LogP contribution < -0.4 is 4.72 Å². The summed E-state index contributed by atoms with van der Waals surface area (Å²) < 4.78 is 33.3. The number of anilines is 1. The fourth-order valence-corrected chi connectivity index (χ4v) is 3.87. The van der Waals surface area contributed by atoms with Crippen molar-refractivity contribution in [2.24, 2.45) is 0 Å². The Hall–Kier alpha value is -2.57. The summed E-state index contributed by atoms with van der Waals surface area (Å²) in [6.45, 7) is 0. The average molecular weight is 359 g/mol. The maximum absolute atomic E-state index is 12.7. The number of nitrogens with zero attached hydrogens (tertiary/aromatic N) is 1. The molecule has 0 aliphatic carbocycles. The third-order valence-electron chi connectivity index (χ3n) is 3.61. The number of halogens is 1. The van der Waals surface area contributed by atoms with Crippen LogP contribution in [0, 0.1) is 0 Å². The van der Waals surface area contributed by atoms with E-state index in [2.05, 4.69) is 9.71 Å². The van der Waals surface area contributed by atoms with Gasteiger partial charge in [-0.3, -0.25) is 0 Å². The van der Waals surface area contributed by atoms with E-state index in [9.17, 15) is 8.42 Å². The molecule has 1 aromatic heterocycles. The first kappa shape index (κ1) is 15.0. The molecule has 0 unspecified atom stereocenters. The number of nitrogens with one attached hydrogen (secondary N) is 1. The predicted molar refractivity (Wildman–Crippen MR) is 93.8 cm³/mol. The fourth-order valence-electron chi connectivity index (χ4n) is 2.54. The van der Waals surface area contributed by atoms with Gasteiger partial charge in [-0.05, 0) is 29.7 Å². The molecule has 4 aromatic rings. The van der Waals surface area contributed by atoms with E-state index in [0.29, 0.717) is 21.5 Å². The highest BCUT2D eigenvalue weighted by Gasteiger charge is 2.20. The number of aromatic nitrogens is 1. The zero-order chi connectivity index (χ0) is 16.7. The Bertz CT molecular complexity index is 1160. The van der Waals surface area contributed by atoms with Gasteiger partial charge >= 0.3 is 6.01 Å². The van der Waals surface area contributed by atoms with Crippen LogP contribution in [0.5, 0.6) is 0 Å². The van der Waals surface area contributed by atoms with E-state index in [0.717, 1.165) is 5.39 Å². The molecule has 5 nitrogen and oxygen atoms in total. The lowest BCUT2D eigenvalue weighted by atomic mass is 10.1. The molecule has 0 spiro atoms. The third kappa shape index (κ3) is 2.60. The van der Waals surface area contributed by atoms with Crippen LogP contribution in [0.25, 0.3) is 21.9 Å². The minimum absolute atomic E-state index is 0.0970. The van der Waals surface area contributed by atoms with Crippen molar-refractivity contribution in [2.75, 3.05) is 4.72 Å². The maximum Gasteiger partial charge on any atom is 0.309 e. The zero-order valence-corrected chi connectivity index (χ0v) is 13.8. The zero-order valence-electron chi connectivity index (χ0n) is 12.2. The van der Waals surface area contributed by atoms with Crippen molar-refractivity contribution in [3.63, 3.8) is 0 Å². The van der Waals surface area contributed by atoms with E-state index in [4.69, 9.17) is 16.0 Å². The van der Waals surface area contributed by atoms with Gasteiger partial charge in [-0.15, -0.1) is 0 Å². The summed E-state index contributed by atoms with van der Waals surface area (Å²) in [6.07, 6.45) is 0. The quantitative estimate of drug-likeness (QED) is 0.587. The van der Waals surface area contributed by atoms with Crippen LogP contribution in [0.4, 0.5) is 6.01 Å². The van der Waals surface area contributed by atoms with Crippen LogP contribution in [-0.2, 0) is 10.0 Å². The fraction of sp³-hybridized carbons (Fsp3) is 0. The van der Waals surface area contributed by atoms with E-state index in [1.807, 2.05) is 18.2 Å². The minimum atomic E-state index is -3.84. The van der Waals surface area contributed by atoms with Crippen molar-refractivity contribution in [1.29, 1.82) is 0 Å². The predicted octanol–water partition coefficient (Wildman–Crippen LogP) is 4.44. The summed E-state index contributed by atoms with van der Waals surface area (Å²) >= 11 is 5.90. The molecule has 0 saturated heterocycles. The van der Waals surface area contributed by atoms with Crippen molar-refractivity contribution < 1.29 is 12.8 Å². The Kier molecular flexibility index (Phi) is 3.44. The van der Waals surface area contributed by atoms with Gasteiger partial charge in [0, 0.05) is 10.4 Å². The molecular formula is C17H11ClN2O3S. The summed E-state index contributed by atoms with van der Waals surface area (Å²) in [6, 6.07) is 17.2. The van der Waals surface area contributed by atoms with Crippen LogP contribution in [-0.4, -0.2) is 13.4 Å². The number of fused-ring (bicyclic) bond motifs is 2. The largest absolute Gasteiger partial charge is 0.423 e. The van der Waals surface area contributed by atoms with Crippen LogP contribution in [0.15, 0.2) is 70.0 Å². The van der Waals surface area contributed by atoms with Crippen molar-refractivity contribution in [3.05, 3.63) is 65.7 Å². The summed E-state index contributed by atoms with van der Waals surface area (Å²) in [5, 5.41) is 1.97. The van der Waals surface area contributed by atoms with Crippen molar-refractivity contribution >= 4 is 49.5 Å². The average Bonchev–Trinajstić information content (AvgIpc) is 2.94. The maximum atomic E-state index is 12.7. The van der Waals surface area contributed by atoms with E-state index in [-0.39, 0.29) is 10.9 Å². The third-order valence-corrected chi connectivity index (χ3v) is 5.22. The molecule has 0 aliphatic rings. The monoisotopic (exact) mass is 358 g/mol. The van der Waals surface area contributed by atoms with Gasteiger partial charge < -0.3 is 4.42 Å². The first-order chi connectivity index (χ1) is 11.5. The standard InChI is InChI=1S/C17H11ClN2O3S/c18-12-8-9-15-14(10-12)19-17(23-15)20-24(21,22)16-7-3-5-11-4-1-2-6-13(11)16/h1-10H,(H,19,20). The van der Waals surface area contributed by atoms with E-state index in [1.54, 1.807) is 42.5 Å². The van der Waals surface area contributed by atoms with E-state index < -0.39 is 10.0 Å². The smallest absolute Gasteiger partial charge is 0.309 e. The van der Waals surface area contributed by atoms with Crippen LogP contribution in [0.2, 0.25) is 5.02 Å². The van der Waals surface area contributed by atoms with Gasteiger partial charge in [0.1, 0.15) is 5.52 Å². The molecule has 0 radical (unpaired) electrons. The molecule has 0 aliphatic heterocycles. The summed E-state index contributed by atoms with van der Waals surface area (Å²) in [4.78, 5) is 4.29. The van der Waals surface area contributed by atoms with Gasteiger partial charge in [-0.2, -0.15) is 4.98 Å². The Morgan fingerprint density at radius 3 is 2.67 bits per heavy atom. The molecule has 4 rings (SSSR count). The molecule has 24 heavy (non-hydrogen) atoms. The lowest BCUT2D eigenvalue weighted by Crippen LogP contribution is -2.13. The molecule has 1 heterocycles. The number of hydrogen-bond acceptors (Lipinski definition) is 4. The van der Waals surface area contributed by atoms with Crippen LogP contribution >= 0.6 is 11.6 Å². The number of rotatable bonds is 3. The molecule has 7 heteroatoms. The Labute approximate surface area is 142 Å². The van der Waals surface area contributed by atoms with E-state index >= 15 is 0 Å². The number of benzene rings is 3. The number of sulfonamides is 1. The SMILES string of the molecule is O=S(=O)(Nc1nc2cc(Cl)ccc2o1)c1cccc2ccccc12. The second-order valence-electron chi connectivity index (χ2n) is 5.21. The molecule has 1 N–H and O–H groups in total. The second-order valence-corrected chi connectivity index (χ2v) is 7.30. The molecule has 0 bridgehead atoms. The first-order valence-electron chi connectivity index (χ1n) is 7.10. The van der Waals surface area contributed by atoms with Crippen LogP contribution in [0.3, 0.4) is 0 Å². The summed E-state index contributed by atoms with van der Waals surface area (Å²) in [5.74, 6) is 0. The van der Waals surface area contributed by atoms with E-state index in [1.165, 1.54) is 0 Å². The summed E-state index contributed by atoms with van der Waals surface area (Å²) in [5.41, 5.74) is 0.938. The van der Waals surface area contributed by atoms with Gasteiger partial charge in [0.25, 0.3) is 10.0 Å². The highest BCUT2D eigenvalue weighted by molar-refractivity contribution is 7.93. The lowest BCUT2D eigenvalue weighted by molar-refractivity contribution is 0.592. The van der Waals surface area contributed by atoms with Crippen molar-refractivity contribution in [1.82, 2.24) is 4.98 Å². The van der Waals surface area contributed by atoms with Gasteiger partial charge in [-0.1, -0.05) is 48.0 Å². The second kappa shape index (κ2) is 5.51. The highest BCUT2D eigenvalue weighted by atomic mass is 35.5. The molecule has 120 valence electrons. The van der Waals surface area contributed by atoms with Crippen molar-refractivity contribution in [3.8, 4) is 0 Å². The molecule has 3 aromatic carbocycles. The molecular weight excluding hydrogens is 348 g/mol. The molecule has 0 amide bonds. The highest BCUT2D eigenvalue weighted by Crippen LogP contribution is 2.27. The number of hydrogen-bond donors (Lipinski definition) is 1. The summed E-state index contributed by atoms with van der Waals surface area (Å²) in [7, 11) is -3.84. The van der Waals surface area contributed by atoms with Gasteiger partial charge in [0.15, 0.2) is 5.58 Å². The van der Waals surface area contributed by atoms with Gasteiger partial charge in [-0.25, -0.2) is 13.1 Å². The normalized spacial score (nSPS) is 11.9. The molecule has 0 atom stereocenters. The Balaban J connectivity index is 1.79. The Morgan fingerprint density at radius 1 is 1.00 bits per heavy atom.